The number of esters is 1. The molecule has 0 spiro atoms. The van der Waals surface area contributed by atoms with Crippen molar-refractivity contribution >= 4 is 17.3 Å². The molecule has 0 aliphatic rings. The fourth-order valence-electron chi connectivity index (χ4n) is 1.06. The summed E-state index contributed by atoms with van der Waals surface area (Å²) in [5, 5.41) is 10.8. The number of hydrogen-bond donors (Lipinski definition) is 0. The number of carbonyl (C=O) groups excluding carboxylic acids is 1. The SMILES string of the molecule is CCOC(=O)C(C#N)c1cc(C)cs1. The van der Waals surface area contributed by atoms with Gasteiger partial charge in [-0.3, -0.25) is 4.79 Å². The Balaban J connectivity index is 2.83. The zero-order chi connectivity index (χ0) is 10.6. The summed E-state index contributed by atoms with van der Waals surface area (Å²) in [5.41, 5.74) is 1.06. The zero-order valence-electron chi connectivity index (χ0n) is 8.11. The molecule has 0 aliphatic carbocycles. The van der Waals surface area contributed by atoms with Crippen molar-refractivity contribution in [3.8, 4) is 6.07 Å². The van der Waals surface area contributed by atoms with Gasteiger partial charge in [0.05, 0.1) is 12.7 Å². The first-order valence-electron chi connectivity index (χ1n) is 4.30. The third-order valence-corrected chi connectivity index (χ3v) is 2.80. The van der Waals surface area contributed by atoms with Crippen molar-refractivity contribution in [2.24, 2.45) is 0 Å². The Kier molecular flexibility index (Phi) is 3.66. The molecule has 1 rings (SSSR count). The van der Waals surface area contributed by atoms with Crippen molar-refractivity contribution in [3.05, 3.63) is 21.9 Å². The third kappa shape index (κ3) is 2.33. The van der Waals surface area contributed by atoms with Gasteiger partial charge in [-0.2, -0.15) is 5.26 Å². The van der Waals surface area contributed by atoms with Crippen molar-refractivity contribution in [2.45, 2.75) is 19.8 Å². The molecule has 1 heterocycles. The van der Waals surface area contributed by atoms with Crippen LogP contribution in [0.5, 0.6) is 0 Å². The third-order valence-electron chi connectivity index (χ3n) is 1.69. The Hall–Kier alpha value is -1.34. The fourth-order valence-corrected chi connectivity index (χ4v) is 1.99. The van der Waals surface area contributed by atoms with E-state index in [1.165, 1.54) is 11.3 Å². The number of nitriles is 1. The molecule has 1 aromatic heterocycles. The maximum absolute atomic E-state index is 11.3. The summed E-state index contributed by atoms with van der Waals surface area (Å²) in [6.07, 6.45) is 0. The summed E-state index contributed by atoms with van der Waals surface area (Å²) in [6.45, 7) is 3.97. The van der Waals surface area contributed by atoms with Crippen LogP contribution >= 0.6 is 11.3 Å². The van der Waals surface area contributed by atoms with Crippen LogP contribution in [-0.2, 0) is 9.53 Å². The van der Waals surface area contributed by atoms with Crippen LogP contribution in [0.1, 0.15) is 23.3 Å². The van der Waals surface area contributed by atoms with Crippen LogP contribution in [-0.4, -0.2) is 12.6 Å². The van der Waals surface area contributed by atoms with E-state index in [9.17, 15) is 4.79 Å². The molecule has 1 atom stereocenters. The largest absolute Gasteiger partial charge is 0.465 e. The summed E-state index contributed by atoms with van der Waals surface area (Å²) >= 11 is 1.41. The van der Waals surface area contributed by atoms with Gasteiger partial charge in [-0.1, -0.05) is 0 Å². The van der Waals surface area contributed by atoms with Gasteiger partial charge in [0, 0.05) is 4.88 Å². The predicted octanol–water partition coefficient (Wildman–Crippen LogP) is 2.23. The number of aryl methyl sites for hydroxylation is 1. The summed E-state index contributed by atoms with van der Waals surface area (Å²) < 4.78 is 4.80. The normalized spacial score (nSPS) is 11.8. The highest BCUT2D eigenvalue weighted by molar-refractivity contribution is 7.10. The number of hydrogen-bond acceptors (Lipinski definition) is 4. The zero-order valence-corrected chi connectivity index (χ0v) is 8.93. The smallest absolute Gasteiger partial charge is 0.328 e. The highest BCUT2D eigenvalue weighted by atomic mass is 32.1. The first kappa shape index (κ1) is 10.7. The molecule has 0 radical (unpaired) electrons. The van der Waals surface area contributed by atoms with Gasteiger partial charge in [-0.15, -0.1) is 11.3 Å². The molecular weight excluding hydrogens is 198 g/mol. The lowest BCUT2D eigenvalue weighted by molar-refractivity contribution is -0.143. The maximum Gasteiger partial charge on any atom is 0.328 e. The first-order valence-corrected chi connectivity index (χ1v) is 5.18. The van der Waals surface area contributed by atoms with Crippen molar-refractivity contribution in [1.29, 1.82) is 5.26 Å². The van der Waals surface area contributed by atoms with Crippen LogP contribution in [0.25, 0.3) is 0 Å². The van der Waals surface area contributed by atoms with E-state index in [1.54, 1.807) is 6.92 Å². The van der Waals surface area contributed by atoms with Crippen molar-refractivity contribution < 1.29 is 9.53 Å². The predicted molar refractivity (Wildman–Crippen MR) is 54.0 cm³/mol. The van der Waals surface area contributed by atoms with Crippen molar-refractivity contribution in [2.75, 3.05) is 6.61 Å². The molecule has 3 nitrogen and oxygen atoms in total. The minimum Gasteiger partial charge on any atom is -0.465 e. The second-order valence-corrected chi connectivity index (χ2v) is 3.78. The minimum absolute atomic E-state index is 0.307. The minimum atomic E-state index is -0.770. The maximum atomic E-state index is 11.3. The molecule has 0 aliphatic heterocycles. The molecule has 4 heteroatoms. The van der Waals surface area contributed by atoms with Gasteiger partial charge in [0.15, 0.2) is 5.92 Å². The number of carbonyl (C=O) groups is 1. The highest BCUT2D eigenvalue weighted by Crippen LogP contribution is 2.24. The monoisotopic (exact) mass is 209 g/mol. The summed E-state index contributed by atoms with van der Waals surface area (Å²) in [4.78, 5) is 12.1. The standard InChI is InChI=1S/C10H11NO2S/c1-3-13-10(12)8(5-11)9-4-7(2)6-14-9/h4,6,8H,3H2,1-2H3. The van der Waals surface area contributed by atoms with E-state index in [4.69, 9.17) is 10.00 Å². The lowest BCUT2D eigenvalue weighted by Crippen LogP contribution is -2.13. The molecule has 14 heavy (non-hydrogen) atoms. The number of nitrogens with zero attached hydrogens (tertiary/aromatic N) is 1. The number of thiophene rings is 1. The Bertz CT molecular complexity index is 364. The molecule has 0 fully saturated rings. The molecule has 0 N–H and O–H groups in total. The van der Waals surface area contributed by atoms with E-state index in [0.29, 0.717) is 6.61 Å². The van der Waals surface area contributed by atoms with Crippen LogP contribution in [0.2, 0.25) is 0 Å². The number of rotatable bonds is 3. The van der Waals surface area contributed by atoms with Gasteiger partial charge >= 0.3 is 5.97 Å². The van der Waals surface area contributed by atoms with Crippen LogP contribution in [0.15, 0.2) is 11.4 Å². The van der Waals surface area contributed by atoms with E-state index in [1.807, 2.05) is 24.4 Å². The Labute approximate surface area is 86.9 Å². The summed E-state index contributed by atoms with van der Waals surface area (Å²) in [5.74, 6) is -1.23. The fraction of sp³-hybridized carbons (Fsp3) is 0.400. The Morgan fingerprint density at radius 2 is 2.50 bits per heavy atom. The van der Waals surface area contributed by atoms with Crippen molar-refractivity contribution in [1.82, 2.24) is 0 Å². The lowest BCUT2D eigenvalue weighted by Gasteiger charge is -2.05. The molecule has 1 aromatic rings. The molecule has 1 unspecified atom stereocenters. The van der Waals surface area contributed by atoms with E-state index in [0.717, 1.165) is 10.4 Å². The van der Waals surface area contributed by atoms with E-state index < -0.39 is 11.9 Å². The van der Waals surface area contributed by atoms with Gasteiger partial charge in [0.25, 0.3) is 0 Å². The first-order chi connectivity index (χ1) is 6.69. The topological polar surface area (TPSA) is 50.1 Å². The molecule has 0 saturated carbocycles. The molecule has 0 aromatic carbocycles. The van der Waals surface area contributed by atoms with E-state index in [-0.39, 0.29) is 0 Å². The van der Waals surface area contributed by atoms with Crippen molar-refractivity contribution in [3.63, 3.8) is 0 Å². The average molecular weight is 209 g/mol. The molecule has 0 amide bonds. The van der Waals surface area contributed by atoms with Crippen LogP contribution < -0.4 is 0 Å². The molecule has 0 bridgehead atoms. The van der Waals surface area contributed by atoms with E-state index >= 15 is 0 Å². The number of ether oxygens (including phenoxy) is 1. The Morgan fingerprint density at radius 3 is 2.93 bits per heavy atom. The van der Waals surface area contributed by atoms with Crippen LogP contribution in [0.3, 0.4) is 0 Å². The van der Waals surface area contributed by atoms with Gasteiger partial charge in [0.1, 0.15) is 0 Å². The van der Waals surface area contributed by atoms with Gasteiger partial charge in [-0.05, 0) is 30.9 Å². The lowest BCUT2D eigenvalue weighted by atomic mass is 10.1. The van der Waals surface area contributed by atoms with Crippen LogP contribution in [0.4, 0.5) is 0 Å². The van der Waals surface area contributed by atoms with Crippen LogP contribution in [0, 0.1) is 18.3 Å². The van der Waals surface area contributed by atoms with Gasteiger partial charge in [0.2, 0.25) is 0 Å². The summed E-state index contributed by atoms with van der Waals surface area (Å²) in [6, 6.07) is 3.79. The highest BCUT2D eigenvalue weighted by Gasteiger charge is 2.22. The van der Waals surface area contributed by atoms with Gasteiger partial charge in [-0.25, -0.2) is 0 Å². The van der Waals surface area contributed by atoms with E-state index in [2.05, 4.69) is 0 Å². The molecular formula is C10H11NO2S. The molecule has 0 saturated heterocycles. The second-order valence-electron chi connectivity index (χ2n) is 2.84. The van der Waals surface area contributed by atoms with Gasteiger partial charge < -0.3 is 4.74 Å². The Morgan fingerprint density at radius 1 is 1.79 bits per heavy atom. The summed E-state index contributed by atoms with van der Waals surface area (Å²) in [7, 11) is 0. The second kappa shape index (κ2) is 4.77. The average Bonchev–Trinajstić information content (AvgIpc) is 2.54. The molecule has 74 valence electrons. The quantitative estimate of drug-likeness (QED) is 0.717.